The van der Waals surface area contributed by atoms with Gasteiger partial charge < -0.3 is 0 Å². The van der Waals surface area contributed by atoms with Crippen LogP contribution in [0.1, 0.15) is 19.3 Å². The van der Waals surface area contributed by atoms with Gasteiger partial charge in [0.1, 0.15) is 0 Å². The molecule has 0 N–H and O–H groups in total. The van der Waals surface area contributed by atoms with Gasteiger partial charge in [0.2, 0.25) is 4.80 Å². The van der Waals surface area contributed by atoms with Crippen LogP contribution < -0.4 is 4.80 Å². The first-order valence-corrected chi connectivity index (χ1v) is 9.19. The molecule has 0 spiro atoms. The van der Waals surface area contributed by atoms with Gasteiger partial charge >= 0.3 is 0 Å². The van der Waals surface area contributed by atoms with Gasteiger partial charge in [-0.15, -0.1) is 29.3 Å². The summed E-state index contributed by atoms with van der Waals surface area (Å²) in [5.74, 6) is 0.529. The van der Waals surface area contributed by atoms with E-state index in [1.54, 1.807) is 22.7 Å². The van der Waals surface area contributed by atoms with Gasteiger partial charge in [0.15, 0.2) is 0 Å². The van der Waals surface area contributed by atoms with Crippen molar-refractivity contribution < 1.29 is 0 Å². The molecule has 114 valence electrons. The minimum atomic E-state index is 0.529. The second-order valence-electron chi connectivity index (χ2n) is 5.13. The van der Waals surface area contributed by atoms with Crippen LogP contribution in [0.5, 0.6) is 0 Å². The van der Waals surface area contributed by atoms with Gasteiger partial charge in [0.25, 0.3) is 0 Å². The number of hydrogen-bond donors (Lipinski definition) is 0. The molecule has 0 amide bonds. The summed E-state index contributed by atoms with van der Waals surface area (Å²) in [5.41, 5.74) is 1.12. The van der Waals surface area contributed by atoms with Crippen LogP contribution in [0, 0.1) is 5.92 Å². The van der Waals surface area contributed by atoms with Gasteiger partial charge in [-0.2, -0.15) is 5.10 Å². The third-order valence-corrected chi connectivity index (χ3v) is 5.26. The quantitative estimate of drug-likeness (QED) is 0.569. The van der Waals surface area contributed by atoms with Crippen LogP contribution in [0.4, 0.5) is 0 Å². The highest BCUT2D eigenvalue weighted by atomic mass is 32.1. The highest BCUT2D eigenvalue weighted by Gasteiger charge is 2.10. The van der Waals surface area contributed by atoms with Gasteiger partial charge in [0, 0.05) is 11.6 Å². The zero-order valence-corrected chi connectivity index (χ0v) is 14.0. The van der Waals surface area contributed by atoms with Crippen molar-refractivity contribution in [3.8, 4) is 10.6 Å². The minimum absolute atomic E-state index is 0.529. The van der Waals surface area contributed by atoms with Crippen LogP contribution in [0.15, 0.2) is 57.8 Å². The van der Waals surface area contributed by atoms with Crippen LogP contribution in [0.2, 0.25) is 0 Å². The van der Waals surface area contributed by atoms with Crippen molar-refractivity contribution in [2.45, 2.75) is 19.3 Å². The van der Waals surface area contributed by atoms with E-state index < -0.39 is 0 Å². The highest BCUT2D eigenvalue weighted by molar-refractivity contribution is 7.14. The van der Waals surface area contributed by atoms with Gasteiger partial charge in [-0.3, -0.25) is 4.99 Å². The molecule has 0 radical (unpaired) electrons. The summed E-state index contributed by atoms with van der Waals surface area (Å²) in [7, 11) is 0. The highest BCUT2D eigenvalue weighted by Crippen LogP contribution is 2.25. The molecule has 2 heterocycles. The Morgan fingerprint density at radius 1 is 1.36 bits per heavy atom. The third-order valence-electron chi connectivity index (χ3n) is 3.52. The van der Waals surface area contributed by atoms with E-state index >= 15 is 0 Å². The average molecular weight is 329 g/mol. The van der Waals surface area contributed by atoms with Crippen molar-refractivity contribution in [3.05, 3.63) is 52.5 Å². The van der Waals surface area contributed by atoms with Crippen LogP contribution in [-0.4, -0.2) is 17.4 Å². The topological polar surface area (TPSA) is 29.6 Å². The fourth-order valence-electron chi connectivity index (χ4n) is 2.37. The van der Waals surface area contributed by atoms with E-state index in [1.807, 2.05) is 10.8 Å². The number of aromatic nitrogens is 1. The monoisotopic (exact) mass is 329 g/mol. The fraction of sp³-hybridized carbons (Fsp3) is 0.294. The first kappa shape index (κ1) is 15.2. The lowest BCUT2D eigenvalue weighted by Crippen LogP contribution is -2.14. The molecular weight excluding hydrogens is 310 g/mol. The first-order valence-electron chi connectivity index (χ1n) is 7.44. The van der Waals surface area contributed by atoms with Crippen LogP contribution in [0.25, 0.3) is 10.6 Å². The SMILES string of the molecule is C=CCN=c1scc(-c2cccs2)n1N=CC1CC=CCC1. The van der Waals surface area contributed by atoms with Crippen LogP contribution in [0.3, 0.4) is 0 Å². The minimum Gasteiger partial charge on any atom is -0.253 e. The molecule has 0 fully saturated rings. The molecule has 2 aromatic heterocycles. The molecule has 1 aliphatic rings. The molecule has 0 bridgehead atoms. The number of allylic oxidation sites excluding steroid dienone is 2. The normalized spacial score (nSPS) is 19.1. The maximum absolute atomic E-state index is 4.75. The van der Waals surface area contributed by atoms with Gasteiger partial charge in [0.05, 0.1) is 17.1 Å². The van der Waals surface area contributed by atoms with E-state index in [0.29, 0.717) is 12.5 Å². The molecule has 0 saturated carbocycles. The number of thiazole rings is 1. The molecule has 5 heteroatoms. The molecule has 3 nitrogen and oxygen atoms in total. The van der Waals surface area contributed by atoms with E-state index in [0.717, 1.165) is 23.3 Å². The molecule has 0 saturated heterocycles. The summed E-state index contributed by atoms with van der Waals surface area (Å²) in [6, 6.07) is 4.19. The van der Waals surface area contributed by atoms with Crippen molar-refractivity contribution in [1.29, 1.82) is 0 Å². The Morgan fingerprint density at radius 3 is 3.05 bits per heavy atom. The Balaban J connectivity index is 1.95. The molecule has 1 unspecified atom stereocenters. The summed E-state index contributed by atoms with van der Waals surface area (Å²) in [4.78, 5) is 6.70. The summed E-state index contributed by atoms with van der Waals surface area (Å²) >= 11 is 3.36. The Morgan fingerprint density at radius 2 is 2.32 bits per heavy atom. The van der Waals surface area contributed by atoms with E-state index in [-0.39, 0.29) is 0 Å². The zero-order chi connectivity index (χ0) is 15.2. The first-order chi connectivity index (χ1) is 10.9. The Hall–Kier alpha value is -1.72. The second kappa shape index (κ2) is 7.51. The maximum Gasteiger partial charge on any atom is 0.206 e. The predicted octanol–water partition coefficient (Wildman–Crippen LogP) is 4.56. The Bertz CT molecular complexity index is 732. The lowest BCUT2D eigenvalue weighted by atomic mass is 9.96. The Kier molecular flexibility index (Phi) is 5.19. The van der Waals surface area contributed by atoms with E-state index in [1.165, 1.54) is 11.3 Å². The summed E-state index contributed by atoms with van der Waals surface area (Å²) in [6.07, 6.45) is 11.8. The second-order valence-corrected chi connectivity index (χ2v) is 6.92. The number of hydrogen-bond acceptors (Lipinski definition) is 4. The molecule has 0 aromatic carbocycles. The lowest BCUT2D eigenvalue weighted by Gasteiger charge is -2.12. The van der Waals surface area contributed by atoms with Crippen LogP contribution >= 0.6 is 22.7 Å². The average Bonchev–Trinajstić information content (AvgIpc) is 3.21. The van der Waals surface area contributed by atoms with Crippen molar-refractivity contribution >= 4 is 28.9 Å². The molecule has 2 aromatic rings. The smallest absolute Gasteiger partial charge is 0.206 e. The molecule has 1 aliphatic carbocycles. The van der Waals surface area contributed by atoms with Crippen molar-refractivity contribution in [2.24, 2.45) is 16.0 Å². The summed E-state index contributed by atoms with van der Waals surface area (Å²) in [6.45, 7) is 4.36. The standard InChI is InChI=1S/C17H19N3S2/c1-2-10-18-17-20(19-12-14-7-4-3-5-8-14)15(13-22-17)16-9-6-11-21-16/h2-4,6,9,11-14H,1,5,7-8,10H2. The molecular formula is C17H19N3S2. The predicted molar refractivity (Wildman–Crippen MR) is 96.6 cm³/mol. The van der Waals surface area contributed by atoms with Gasteiger partial charge in [-0.05, 0) is 36.6 Å². The molecule has 1 atom stereocenters. The van der Waals surface area contributed by atoms with E-state index in [2.05, 4.69) is 52.8 Å². The molecule has 22 heavy (non-hydrogen) atoms. The van der Waals surface area contributed by atoms with Crippen LogP contribution in [-0.2, 0) is 0 Å². The number of rotatable bonds is 5. The fourth-order valence-corrected chi connectivity index (χ4v) is 4.01. The van der Waals surface area contributed by atoms with Gasteiger partial charge in [-0.1, -0.05) is 24.3 Å². The van der Waals surface area contributed by atoms with Gasteiger partial charge in [-0.25, -0.2) is 4.68 Å². The number of nitrogens with zero attached hydrogens (tertiary/aromatic N) is 3. The van der Waals surface area contributed by atoms with E-state index in [4.69, 9.17) is 5.10 Å². The summed E-state index contributed by atoms with van der Waals surface area (Å²) < 4.78 is 1.97. The van der Waals surface area contributed by atoms with Crippen molar-refractivity contribution in [3.63, 3.8) is 0 Å². The molecule has 0 aliphatic heterocycles. The summed E-state index contributed by atoms with van der Waals surface area (Å²) in [5, 5.41) is 8.97. The Labute approximate surface area is 138 Å². The largest absolute Gasteiger partial charge is 0.253 e. The lowest BCUT2D eigenvalue weighted by molar-refractivity contribution is 0.621. The van der Waals surface area contributed by atoms with Crippen molar-refractivity contribution in [1.82, 2.24) is 4.68 Å². The van der Waals surface area contributed by atoms with Crippen molar-refractivity contribution in [2.75, 3.05) is 6.54 Å². The number of thiophene rings is 1. The third kappa shape index (κ3) is 3.54. The maximum atomic E-state index is 4.75. The molecule has 3 rings (SSSR count). The zero-order valence-electron chi connectivity index (χ0n) is 12.4. The van der Waals surface area contributed by atoms with E-state index in [9.17, 15) is 0 Å².